The predicted octanol–water partition coefficient (Wildman–Crippen LogP) is 1.40. The van der Waals surface area contributed by atoms with Gasteiger partial charge in [-0.1, -0.05) is 6.07 Å². The Morgan fingerprint density at radius 3 is 2.29 bits per heavy atom. The van der Waals surface area contributed by atoms with Gasteiger partial charge in [-0.2, -0.15) is 13.2 Å². The summed E-state index contributed by atoms with van der Waals surface area (Å²) in [5.41, 5.74) is -0.505. The number of halogens is 3. The molecule has 0 fully saturated rings. The minimum Gasteiger partial charge on any atom is -0.283 e. The Balaban J connectivity index is 2.93. The molecule has 1 aromatic heterocycles. The number of alkyl halides is 3. The standard InChI is InChI=1S/C8H4F3NO2/c9-8(10,11)7(14)6(13)5-3-1-2-4-12-5/h1-4H. The smallest absolute Gasteiger partial charge is 0.283 e. The van der Waals surface area contributed by atoms with Crippen molar-refractivity contribution >= 4 is 11.6 Å². The molecule has 0 aliphatic heterocycles. The second-order valence-electron chi connectivity index (χ2n) is 2.37. The molecule has 0 amide bonds. The van der Waals surface area contributed by atoms with E-state index in [9.17, 15) is 22.8 Å². The minimum absolute atomic E-state index is 0.505. The summed E-state index contributed by atoms with van der Waals surface area (Å²) in [6.07, 6.45) is -4.01. The molecule has 0 radical (unpaired) electrons. The van der Waals surface area contributed by atoms with Crippen molar-refractivity contribution in [2.24, 2.45) is 0 Å². The summed E-state index contributed by atoms with van der Waals surface area (Å²) >= 11 is 0. The van der Waals surface area contributed by atoms with Gasteiger partial charge in [0.25, 0.3) is 5.78 Å². The molecule has 0 atom stereocenters. The molecule has 1 heterocycles. The van der Waals surface area contributed by atoms with Crippen LogP contribution in [0, 0.1) is 0 Å². The van der Waals surface area contributed by atoms with Gasteiger partial charge in [-0.05, 0) is 12.1 Å². The van der Waals surface area contributed by atoms with Crippen LogP contribution >= 0.6 is 0 Å². The van der Waals surface area contributed by atoms with Crippen LogP contribution in [0.15, 0.2) is 24.4 Å². The number of carbonyl (C=O) groups excluding carboxylic acids is 2. The van der Waals surface area contributed by atoms with Crippen LogP contribution in [-0.4, -0.2) is 22.7 Å². The fourth-order valence-electron chi connectivity index (χ4n) is 0.742. The van der Waals surface area contributed by atoms with E-state index in [0.717, 1.165) is 12.3 Å². The van der Waals surface area contributed by atoms with Gasteiger partial charge in [0.2, 0.25) is 0 Å². The second-order valence-corrected chi connectivity index (χ2v) is 2.37. The molecule has 0 aromatic carbocycles. The van der Waals surface area contributed by atoms with Crippen molar-refractivity contribution in [3.05, 3.63) is 30.1 Å². The monoisotopic (exact) mass is 203 g/mol. The number of rotatable bonds is 2. The quantitative estimate of drug-likeness (QED) is 0.539. The normalized spacial score (nSPS) is 11.1. The summed E-state index contributed by atoms with van der Waals surface area (Å²) in [6, 6.07) is 3.80. The van der Waals surface area contributed by atoms with Gasteiger partial charge in [0, 0.05) is 6.20 Å². The molecule has 0 N–H and O–H groups in total. The van der Waals surface area contributed by atoms with Crippen molar-refractivity contribution in [3.63, 3.8) is 0 Å². The van der Waals surface area contributed by atoms with Crippen LogP contribution in [0.25, 0.3) is 0 Å². The number of aromatic nitrogens is 1. The molecule has 0 saturated heterocycles. The highest BCUT2D eigenvalue weighted by atomic mass is 19.4. The molecule has 1 aromatic rings. The zero-order valence-electron chi connectivity index (χ0n) is 6.71. The van der Waals surface area contributed by atoms with Gasteiger partial charge in [-0.3, -0.25) is 14.6 Å². The fourth-order valence-corrected chi connectivity index (χ4v) is 0.742. The SMILES string of the molecule is O=C(C(=O)C(F)(F)F)c1ccccn1. The number of ketones is 2. The van der Waals surface area contributed by atoms with Gasteiger partial charge >= 0.3 is 12.0 Å². The molecule has 0 aliphatic carbocycles. The number of carbonyl (C=O) groups is 2. The molecular weight excluding hydrogens is 199 g/mol. The Bertz CT molecular complexity index is 359. The average Bonchev–Trinajstić information content (AvgIpc) is 2.15. The molecule has 0 saturated carbocycles. The van der Waals surface area contributed by atoms with Gasteiger partial charge in [0.15, 0.2) is 0 Å². The lowest BCUT2D eigenvalue weighted by molar-refractivity contribution is -0.165. The fraction of sp³-hybridized carbons (Fsp3) is 0.125. The van der Waals surface area contributed by atoms with Gasteiger partial charge in [0.05, 0.1) is 0 Å². The highest BCUT2D eigenvalue weighted by molar-refractivity contribution is 6.45. The van der Waals surface area contributed by atoms with Crippen LogP contribution < -0.4 is 0 Å². The van der Waals surface area contributed by atoms with Crippen molar-refractivity contribution in [3.8, 4) is 0 Å². The van der Waals surface area contributed by atoms with Crippen molar-refractivity contribution < 1.29 is 22.8 Å². The molecule has 14 heavy (non-hydrogen) atoms. The molecule has 3 nitrogen and oxygen atoms in total. The van der Waals surface area contributed by atoms with E-state index in [4.69, 9.17) is 0 Å². The third-order valence-electron chi connectivity index (χ3n) is 1.36. The number of Topliss-reactive ketones (excluding diaryl/α,β-unsaturated/α-hetero) is 2. The molecule has 6 heteroatoms. The Hall–Kier alpha value is -1.72. The maximum Gasteiger partial charge on any atom is 0.458 e. The summed E-state index contributed by atoms with van der Waals surface area (Å²) in [5.74, 6) is -4.05. The lowest BCUT2D eigenvalue weighted by Gasteiger charge is -2.02. The van der Waals surface area contributed by atoms with Crippen molar-refractivity contribution in [1.82, 2.24) is 4.98 Å². The van der Waals surface area contributed by atoms with Gasteiger partial charge in [-0.15, -0.1) is 0 Å². The van der Waals surface area contributed by atoms with E-state index in [1.165, 1.54) is 12.1 Å². The van der Waals surface area contributed by atoms with Crippen molar-refractivity contribution in [2.75, 3.05) is 0 Å². The highest BCUT2D eigenvalue weighted by Gasteiger charge is 2.43. The van der Waals surface area contributed by atoms with E-state index < -0.39 is 23.4 Å². The summed E-state index contributed by atoms with van der Waals surface area (Å²) in [5, 5.41) is 0. The third-order valence-corrected chi connectivity index (χ3v) is 1.36. The lowest BCUT2D eigenvalue weighted by atomic mass is 10.2. The van der Waals surface area contributed by atoms with Crippen LogP contribution in [0.1, 0.15) is 10.5 Å². The van der Waals surface area contributed by atoms with E-state index in [2.05, 4.69) is 4.98 Å². The van der Waals surface area contributed by atoms with Gasteiger partial charge in [-0.25, -0.2) is 0 Å². The first kappa shape index (κ1) is 10.4. The zero-order chi connectivity index (χ0) is 10.8. The number of pyridine rings is 1. The lowest BCUT2D eigenvalue weighted by Crippen LogP contribution is -2.31. The molecule has 0 unspecified atom stereocenters. The van der Waals surface area contributed by atoms with E-state index in [-0.39, 0.29) is 0 Å². The first-order valence-electron chi connectivity index (χ1n) is 3.50. The average molecular weight is 203 g/mol. The van der Waals surface area contributed by atoms with Crippen LogP contribution in [0.2, 0.25) is 0 Å². The van der Waals surface area contributed by atoms with Crippen LogP contribution in [0.5, 0.6) is 0 Å². The first-order valence-corrected chi connectivity index (χ1v) is 3.50. The van der Waals surface area contributed by atoms with Crippen LogP contribution in [0.3, 0.4) is 0 Å². The number of hydrogen-bond donors (Lipinski definition) is 0. The highest BCUT2D eigenvalue weighted by Crippen LogP contribution is 2.17. The Morgan fingerprint density at radius 2 is 1.86 bits per heavy atom. The molecule has 1 rings (SSSR count). The molecule has 74 valence electrons. The molecule has 0 spiro atoms. The predicted molar refractivity (Wildman–Crippen MR) is 39.6 cm³/mol. The Labute approximate surface area is 76.6 Å². The summed E-state index contributed by atoms with van der Waals surface area (Å²) in [4.78, 5) is 24.7. The first-order chi connectivity index (χ1) is 6.43. The van der Waals surface area contributed by atoms with E-state index in [1.807, 2.05) is 0 Å². The summed E-state index contributed by atoms with van der Waals surface area (Å²) in [7, 11) is 0. The van der Waals surface area contributed by atoms with Crippen LogP contribution in [0.4, 0.5) is 13.2 Å². The molecular formula is C8H4F3NO2. The second kappa shape index (κ2) is 3.57. The molecule has 0 aliphatic rings. The number of hydrogen-bond acceptors (Lipinski definition) is 3. The number of nitrogens with zero attached hydrogens (tertiary/aromatic N) is 1. The topological polar surface area (TPSA) is 47.0 Å². The van der Waals surface area contributed by atoms with Gasteiger partial charge < -0.3 is 0 Å². The molecule has 0 bridgehead atoms. The maximum absolute atomic E-state index is 11.8. The zero-order valence-corrected chi connectivity index (χ0v) is 6.71. The summed E-state index contributed by atoms with van der Waals surface area (Å²) < 4.78 is 35.4. The maximum atomic E-state index is 11.8. The van der Waals surface area contributed by atoms with Crippen molar-refractivity contribution in [1.29, 1.82) is 0 Å². The van der Waals surface area contributed by atoms with E-state index in [0.29, 0.717) is 0 Å². The third kappa shape index (κ3) is 2.15. The van der Waals surface area contributed by atoms with Gasteiger partial charge in [0.1, 0.15) is 5.69 Å². The minimum atomic E-state index is -5.14. The van der Waals surface area contributed by atoms with E-state index >= 15 is 0 Å². The summed E-state index contributed by atoms with van der Waals surface area (Å²) in [6.45, 7) is 0. The van der Waals surface area contributed by atoms with Crippen molar-refractivity contribution in [2.45, 2.75) is 6.18 Å². The van der Waals surface area contributed by atoms with Crippen LogP contribution in [-0.2, 0) is 4.79 Å². The Kier molecular flexibility index (Phi) is 2.64. The Morgan fingerprint density at radius 1 is 1.21 bits per heavy atom. The van der Waals surface area contributed by atoms with E-state index in [1.54, 1.807) is 0 Å². The largest absolute Gasteiger partial charge is 0.458 e.